The standard InChI is InChI=1S/C17H26N4O7S2/c1-7-13-12(8(2)22)16(24)21(13)14(17(25)26)15(7)29-10-3-9(19-5-10)4-20-30(27,28)6-11(18)23/h7-10,12-13,19-20,22H,3-6H2,1-2H3,(H2,18,23)(H,25,26)/t7-,8-,9+,10+,12-,13-/m1/s1. The van der Waals surface area contributed by atoms with E-state index < -0.39 is 39.7 Å². The minimum atomic E-state index is -3.79. The van der Waals surface area contributed by atoms with Crippen molar-refractivity contribution in [2.45, 2.75) is 43.7 Å². The second-order valence-electron chi connectivity index (χ2n) is 7.93. The highest BCUT2D eigenvalue weighted by molar-refractivity contribution is 8.03. The van der Waals surface area contributed by atoms with Crippen LogP contribution in [0.25, 0.3) is 0 Å². The maximum Gasteiger partial charge on any atom is 0.353 e. The zero-order valence-corrected chi connectivity index (χ0v) is 18.2. The highest BCUT2D eigenvalue weighted by atomic mass is 32.2. The van der Waals surface area contributed by atoms with Crippen molar-refractivity contribution in [3.05, 3.63) is 10.6 Å². The van der Waals surface area contributed by atoms with Crippen LogP contribution in [0.1, 0.15) is 20.3 Å². The number of hydrogen-bond acceptors (Lipinski definition) is 8. The highest BCUT2D eigenvalue weighted by Crippen LogP contribution is 2.51. The van der Waals surface area contributed by atoms with E-state index in [2.05, 4.69) is 10.0 Å². The number of hydrogen-bond donors (Lipinski definition) is 5. The fraction of sp³-hybridized carbons (Fsp3) is 0.706. The topological polar surface area (TPSA) is 179 Å². The third kappa shape index (κ3) is 4.35. The molecule has 0 aromatic carbocycles. The number of nitrogens with one attached hydrogen (secondary N) is 2. The van der Waals surface area contributed by atoms with Crippen molar-refractivity contribution in [3.63, 3.8) is 0 Å². The molecule has 0 aromatic heterocycles. The summed E-state index contributed by atoms with van der Waals surface area (Å²) in [5.74, 6) is -4.09. The van der Waals surface area contributed by atoms with E-state index in [0.29, 0.717) is 17.9 Å². The highest BCUT2D eigenvalue weighted by Gasteiger charge is 2.60. The first-order valence-corrected chi connectivity index (χ1v) is 12.1. The quantitative estimate of drug-likeness (QED) is 0.242. The first kappa shape index (κ1) is 23.0. The molecule has 168 valence electrons. The summed E-state index contributed by atoms with van der Waals surface area (Å²) in [6.45, 7) is 4.01. The lowest BCUT2D eigenvalue weighted by molar-refractivity contribution is -0.163. The first-order chi connectivity index (χ1) is 13.9. The zero-order valence-electron chi connectivity index (χ0n) is 16.6. The summed E-state index contributed by atoms with van der Waals surface area (Å²) in [6.07, 6.45) is -0.280. The van der Waals surface area contributed by atoms with E-state index in [1.165, 1.54) is 23.6 Å². The number of carboxylic acid groups (broad SMARTS) is 1. The Morgan fingerprint density at radius 2 is 2.10 bits per heavy atom. The summed E-state index contributed by atoms with van der Waals surface area (Å²) in [6, 6.07) is -0.545. The van der Waals surface area contributed by atoms with E-state index in [-0.39, 0.29) is 41.4 Å². The molecule has 0 bridgehead atoms. The molecule has 2 fully saturated rings. The number of aliphatic hydroxyl groups is 1. The smallest absolute Gasteiger partial charge is 0.353 e. The van der Waals surface area contributed by atoms with Gasteiger partial charge in [0.15, 0.2) is 0 Å². The predicted octanol–water partition coefficient (Wildman–Crippen LogP) is -1.99. The fourth-order valence-corrected chi connectivity index (χ4v) is 6.80. The van der Waals surface area contributed by atoms with Gasteiger partial charge in [-0.1, -0.05) is 6.92 Å². The van der Waals surface area contributed by atoms with E-state index in [1.54, 1.807) is 0 Å². The van der Waals surface area contributed by atoms with Crippen LogP contribution in [0.15, 0.2) is 10.6 Å². The van der Waals surface area contributed by atoms with E-state index in [0.717, 1.165) is 0 Å². The van der Waals surface area contributed by atoms with Crippen LogP contribution in [0.3, 0.4) is 0 Å². The molecule has 0 spiro atoms. The van der Waals surface area contributed by atoms with Gasteiger partial charge in [0.1, 0.15) is 11.4 Å². The van der Waals surface area contributed by atoms with Crippen LogP contribution >= 0.6 is 11.8 Å². The second kappa shape index (κ2) is 8.46. The van der Waals surface area contributed by atoms with Crippen LogP contribution < -0.4 is 15.8 Å². The molecular formula is C17H26N4O7S2. The molecule has 3 aliphatic rings. The lowest BCUT2D eigenvalue weighted by Gasteiger charge is -2.46. The molecule has 0 saturated carbocycles. The Bertz CT molecular complexity index is 889. The van der Waals surface area contributed by atoms with Gasteiger partial charge < -0.3 is 26.2 Å². The molecule has 0 radical (unpaired) electrons. The largest absolute Gasteiger partial charge is 0.477 e. The summed E-state index contributed by atoms with van der Waals surface area (Å²) < 4.78 is 25.8. The molecule has 0 aromatic rings. The monoisotopic (exact) mass is 462 g/mol. The Kier molecular flexibility index (Phi) is 6.49. The van der Waals surface area contributed by atoms with E-state index in [9.17, 15) is 33.0 Å². The van der Waals surface area contributed by atoms with Gasteiger partial charge >= 0.3 is 5.97 Å². The number of nitrogens with zero attached hydrogens (tertiary/aromatic N) is 1. The second-order valence-corrected chi connectivity index (χ2v) is 11.1. The number of nitrogens with two attached hydrogens (primary N) is 1. The molecule has 2 amide bonds. The molecular weight excluding hydrogens is 436 g/mol. The van der Waals surface area contributed by atoms with Gasteiger partial charge in [-0.3, -0.25) is 9.59 Å². The number of aliphatic carboxylic acids is 1. The van der Waals surface area contributed by atoms with Gasteiger partial charge in [0.05, 0.1) is 18.1 Å². The SMILES string of the molecule is C[C@@H](O)[C@H]1C(=O)N2C(C(=O)O)=C(S[C@@H]3CN[C@H](CNS(=O)(=O)CC(N)=O)C3)[C@H](C)[C@H]12. The molecule has 6 N–H and O–H groups in total. The Morgan fingerprint density at radius 1 is 1.43 bits per heavy atom. The van der Waals surface area contributed by atoms with Gasteiger partial charge in [0.2, 0.25) is 21.8 Å². The molecule has 0 unspecified atom stereocenters. The van der Waals surface area contributed by atoms with Crippen LogP contribution in [0.5, 0.6) is 0 Å². The number of sulfonamides is 1. The van der Waals surface area contributed by atoms with Gasteiger partial charge in [-0.05, 0) is 13.3 Å². The van der Waals surface area contributed by atoms with Gasteiger partial charge in [0, 0.05) is 35.2 Å². The van der Waals surface area contributed by atoms with Crippen molar-refractivity contribution in [1.82, 2.24) is 14.9 Å². The average Bonchev–Trinajstić information content (AvgIpc) is 3.14. The van der Waals surface area contributed by atoms with Gasteiger partial charge in [0.25, 0.3) is 0 Å². The van der Waals surface area contributed by atoms with Gasteiger partial charge in [-0.25, -0.2) is 17.9 Å². The maximum atomic E-state index is 12.4. The number of carboxylic acids is 1. The summed E-state index contributed by atoms with van der Waals surface area (Å²) >= 11 is 1.38. The molecule has 6 atom stereocenters. The molecule has 0 aliphatic carbocycles. The van der Waals surface area contributed by atoms with Gasteiger partial charge in [-0.2, -0.15) is 0 Å². The molecule has 13 heteroatoms. The Balaban J connectivity index is 1.64. The molecule has 2 saturated heterocycles. The van der Waals surface area contributed by atoms with Crippen LogP contribution in [0, 0.1) is 11.8 Å². The Labute approximate surface area is 178 Å². The van der Waals surface area contributed by atoms with Crippen molar-refractivity contribution in [1.29, 1.82) is 0 Å². The average molecular weight is 463 g/mol. The number of aliphatic hydroxyl groups excluding tert-OH is 1. The number of β-lactam (4-membered cyclic amide) rings is 1. The van der Waals surface area contributed by atoms with E-state index >= 15 is 0 Å². The van der Waals surface area contributed by atoms with Crippen LogP contribution in [-0.4, -0.2) is 83.6 Å². The Hall–Kier alpha value is -1.67. The van der Waals surface area contributed by atoms with Crippen molar-refractivity contribution in [2.75, 3.05) is 18.8 Å². The minimum Gasteiger partial charge on any atom is -0.477 e. The number of rotatable bonds is 9. The van der Waals surface area contributed by atoms with Crippen molar-refractivity contribution in [3.8, 4) is 0 Å². The summed E-state index contributed by atoms with van der Waals surface area (Å²) in [7, 11) is -3.79. The number of amides is 2. The molecule has 3 rings (SSSR count). The maximum absolute atomic E-state index is 12.4. The number of fused-ring (bicyclic) bond motifs is 1. The number of carbonyl (C=O) groups excluding carboxylic acids is 2. The summed E-state index contributed by atoms with van der Waals surface area (Å²) in [5.41, 5.74) is 4.89. The van der Waals surface area contributed by atoms with Gasteiger partial charge in [-0.15, -0.1) is 11.8 Å². The lowest BCUT2D eigenvalue weighted by atomic mass is 9.79. The van der Waals surface area contributed by atoms with Crippen LogP contribution in [0.2, 0.25) is 0 Å². The number of primary amides is 1. The van der Waals surface area contributed by atoms with Crippen molar-refractivity contribution < 1.29 is 33.0 Å². The van der Waals surface area contributed by atoms with E-state index in [4.69, 9.17) is 5.73 Å². The number of thioether (sulfide) groups is 1. The summed E-state index contributed by atoms with van der Waals surface area (Å²) in [5, 5.41) is 22.8. The molecule has 3 heterocycles. The number of carbonyl (C=O) groups is 3. The van der Waals surface area contributed by atoms with Crippen molar-refractivity contribution >= 4 is 39.6 Å². The summed E-state index contributed by atoms with van der Waals surface area (Å²) in [4.78, 5) is 36.9. The van der Waals surface area contributed by atoms with E-state index in [1.807, 2.05) is 6.92 Å². The lowest BCUT2D eigenvalue weighted by Crippen LogP contribution is -2.63. The third-order valence-corrected chi connectivity index (χ3v) is 8.45. The van der Waals surface area contributed by atoms with Crippen LogP contribution in [-0.2, 0) is 24.4 Å². The Morgan fingerprint density at radius 3 is 2.67 bits per heavy atom. The molecule has 3 aliphatic heterocycles. The molecule has 30 heavy (non-hydrogen) atoms. The minimum absolute atomic E-state index is 0.0127. The van der Waals surface area contributed by atoms with Crippen molar-refractivity contribution in [2.24, 2.45) is 17.6 Å². The predicted molar refractivity (Wildman–Crippen MR) is 108 cm³/mol. The third-order valence-electron chi connectivity index (χ3n) is 5.67. The fourth-order valence-electron chi connectivity index (χ4n) is 4.35. The first-order valence-electron chi connectivity index (χ1n) is 9.57. The van der Waals surface area contributed by atoms with Crippen LogP contribution in [0.4, 0.5) is 0 Å². The normalized spacial score (nSPS) is 32.2. The zero-order chi connectivity index (χ0) is 22.4. The molecule has 11 nitrogen and oxygen atoms in total.